The number of likely N-dealkylation sites (tertiary alicyclic amines) is 1. The van der Waals surface area contributed by atoms with Gasteiger partial charge in [0.05, 0.1) is 25.0 Å². The molecule has 0 radical (unpaired) electrons. The summed E-state index contributed by atoms with van der Waals surface area (Å²) in [5.74, 6) is -0.673. The quantitative estimate of drug-likeness (QED) is 0.811. The average molecular weight is 333 g/mol. The number of imide groups is 1. The van der Waals surface area contributed by atoms with Crippen molar-refractivity contribution in [3.8, 4) is 0 Å². The normalized spacial score (nSPS) is 28.8. The van der Waals surface area contributed by atoms with E-state index in [1.54, 1.807) is 7.11 Å². The van der Waals surface area contributed by atoms with E-state index in [2.05, 4.69) is 24.3 Å². The lowest BCUT2D eigenvalue weighted by atomic mass is 9.55. The third-order valence-corrected chi connectivity index (χ3v) is 6.06. The summed E-state index contributed by atoms with van der Waals surface area (Å²) < 4.78 is 5.10. The first-order chi connectivity index (χ1) is 12.2. The molecule has 3 aliphatic carbocycles. The van der Waals surface area contributed by atoms with Crippen molar-refractivity contribution in [2.24, 2.45) is 11.8 Å². The molecule has 0 saturated carbocycles. The molecule has 1 saturated heterocycles. The van der Waals surface area contributed by atoms with E-state index in [4.69, 9.17) is 4.74 Å². The molecular formula is C21H19NO3. The van der Waals surface area contributed by atoms with Crippen LogP contribution in [0, 0.1) is 11.8 Å². The maximum atomic E-state index is 13.1. The third kappa shape index (κ3) is 1.80. The zero-order valence-corrected chi connectivity index (χ0v) is 14.0. The van der Waals surface area contributed by atoms with Gasteiger partial charge in [-0.2, -0.15) is 0 Å². The summed E-state index contributed by atoms with van der Waals surface area (Å²) in [6.07, 6.45) is 0. The van der Waals surface area contributed by atoms with Gasteiger partial charge in [0.25, 0.3) is 0 Å². The molecule has 0 N–H and O–H groups in total. The molecule has 25 heavy (non-hydrogen) atoms. The lowest BCUT2D eigenvalue weighted by molar-refractivity contribution is -0.140. The van der Waals surface area contributed by atoms with Gasteiger partial charge in [0.1, 0.15) is 0 Å². The molecule has 1 fully saturated rings. The maximum absolute atomic E-state index is 13.1. The number of hydrogen-bond acceptors (Lipinski definition) is 3. The van der Waals surface area contributed by atoms with Crippen LogP contribution >= 0.6 is 0 Å². The first-order valence-electron chi connectivity index (χ1n) is 8.76. The highest BCUT2D eigenvalue weighted by atomic mass is 16.5. The first-order valence-corrected chi connectivity index (χ1v) is 8.76. The summed E-state index contributed by atoms with van der Waals surface area (Å²) in [6.45, 7) is 0.722. The molecule has 1 heterocycles. The fraction of sp³-hybridized carbons (Fsp3) is 0.333. The third-order valence-electron chi connectivity index (χ3n) is 6.06. The van der Waals surface area contributed by atoms with E-state index < -0.39 is 0 Å². The van der Waals surface area contributed by atoms with Crippen molar-refractivity contribution in [3.63, 3.8) is 0 Å². The van der Waals surface area contributed by atoms with E-state index in [1.807, 2.05) is 24.3 Å². The Labute approximate surface area is 146 Å². The minimum atomic E-state index is -0.279. The van der Waals surface area contributed by atoms with Crippen molar-refractivity contribution in [3.05, 3.63) is 70.8 Å². The molecular weight excluding hydrogens is 314 g/mol. The molecule has 0 spiro atoms. The Balaban J connectivity index is 1.70. The smallest absolute Gasteiger partial charge is 0.234 e. The summed E-state index contributed by atoms with van der Waals surface area (Å²) in [5, 5.41) is 0. The summed E-state index contributed by atoms with van der Waals surface area (Å²) in [7, 11) is 1.59. The van der Waals surface area contributed by atoms with Crippen LogP contribution in [0.2, 0.25) is 0 Å². The number of amides is 2. The van der Waals surface area contributed by atoms with Crippen LogP contribution in [0.1, 0.15) is 34.1 Å². The van der Waals surface area contributed by atoms with Crippen LogP contribution in [-0.2, 0) is 14.3 Å². The van der Waals surface area contributed by atoms with Crippen LogP contribution < -0.4 is 0 Å². The lowest BCUT2D eigenvalue weighted by Gasteiger charge is -2.45. The van der Waals surface area contributed by atoms with Gasteiger partial charge in [-0.25, -0.2) is 0 Å². The summed E-state index contributed by atoms with van der Waals surface area (Å²) >= 11 is 0. The highest BCUT2D eigenvalue weighted by Gasteiger charge is 2.61. The van der Waals surface area contributed by atoms with E-state index in [-0.39, 0.29) is 35.5 Å². The van der Waals surface area contributed by atoms with Gasteiger partial charge < -0.3 is 4.74 Å². The number of nitrogens with zero attached hydrogens (tertiary/aromatic N) is 1. The second-order valence-electron chi connectivity index (χ2n) is 7.09. The van der Waals surface area contributed by atoms with Crippen molar-refractivity contribution in [1.82, 2.24) is 4.90 Å². The van der Waals surface area contributed by atoms with Gasteiger partial charge >= 0.3 is 0 Å². The number of carbonyl (C=O) groups is 2. The summed E-state index contributed by atoms with van der Waals surface area (Å²) in [4.78, 5) is 27.7. The second-order valence-corrected chi connectivity index (χ2v) is 7.09. The van der Waals surface area contributed by atoms with Crippen molar-refractivity contribution >= 4 is 11.8 Å². The Morgan fingerprint density at radius 3 is 1.56 bits per heavy atom. The van der Waals surface area contributed by atoms with Crippen molar-refractivity contribution in [2.45, 2.75) is 11.8 Å². The van der Waals surface area contributed by atoms with Crippen molar-refractivity contribution in [1.29, 1.82) is 0 Å². The van der Waals surface area contributed by atoms with Gasteiger partial charge in [0.15, 0.2) is 0 Å². The largest absolute Gasteiger partial charge is 0.383 e. The zero-order valence-electron chi connectivity index (χ0n) is 14.0. The topological polar surface area (TPSA) is 46.6 Å². The van der Waals surface area contributed by atoms with Gasteiger partial charge in [-0.05, 0) is 22.3 Å². The lowest BCUT2D eigenvalue weighted by Crippen LogP contribution is -2.41. The molecule has 2 amide bonds. The molecule has 0 unspecified atom stereocenters. The standard InChI is InChI=1S/C21H19NO3/c1-25-11-10-22-20(23)18-16-12-6-2-3-7-13(12)17(19(18)21(22)24)15-9-5-4-8-14(15)16/h2-9,16-19H,10-11H2,1H3/t16?,17?,18-,19-/m1/s1. The molecule has 1 aliphatic heterocycles. The average Bonchev–Trinajstić information content (AvgIpc) is 2.91. The number of ether oxygens (including phenoxy) is 1. The molecule has 6 rings (SSSR count). The SMILES string of the molecule is COCCN1C(=O)[C@@H]2C3c4ccccc4C(c4ccccc43)[C@H]2C1=O. The molecule has 2 aromatic carbocycles. The summed E-state index contributed by atoms with van der Waals surface area (Å²) in [5.41, 5.74) is 4.84. The van der Waals surface area contributed by atoms with Crippen LogP contribution in [-0.4, -0.2) is 37.0 Å². The Morgan fingerprint density at radius 2 is 1.20 bits per heavy atom. The fourth-order valence-electron chi connectivity index (χ4n) is 5.14. The van der Waals surface area contributed by atoms with Crippen LogP contribution in [0.4, 0.5) is 0 Å². The van der Waals surface area contributed by atoms with Crippen LogP contribution in [0.15, 0.2) is 48.5 Å². The number of benzene rings is 2. The predicted octanol–water partition coefficient (Wildman–Crippen LogP) is 2.53. The Kier molecular flexibility index (Phi) is 3.13. The van der Waals surface area contributed by atoms with Gasteiger partial charge in [-0.3, -0.25) is 14.5 Å². The molecule has 4 aliphatic rings. The van der Waals surface area contributed by atoms with Gasteiger partial charge in [-0.1, -0.05) is 48.5 Å². The predicted molar refractivity (Wildman–Crippen MR) is 92.1 cm³/mol. The number of methoxy groups -OCH3 is 1. The van der Waals surface area contributed by atoms with E-state index in [0.29, 0.717) is 13.2 Å². The molecule has 4 heteroatoms. The minimum Gasteiger partial charge on any atom is -0.383 e. The number of rotatable bonds is 3. The molecule has 2 atom stereocenters. The number of carbonyl (C=O) groups excluding carboxylic acids is 2. The van der Waals surface area contributed by atoms with Gasteiger partial charge in [0.2, 0.25) is 11.8 Å². The highest BCUT2D eigenvalue weighted by Crippen LogP contribution is 2.60. The second kappa shape index (κ2) is 5.27. The van der Waals surface area contributed by atoms with E-state index >= 15 is 0 Å². The van der Waals surface area contributed by atoms with Crippen LogP contribution in [0.3, 0.4) is 0 Å². The Hall–Kier alpha value is -2.46. The fourth-order valence-corrected chi connectivity index (χ4v) is 5.14. The van der Waals surface area contributed by atoms with Crippen molar-refractivity contribution in [2.75, 3.05) is 20.3 Å². The molecule has 126 valence electrons. The Bertz CT molecular complexity index is 775. The molecule has 2 aromatic rings. The van der Waals surface area contributed by atoms with Gasteiger partial charge in [0, 0.05) is 18.9 Å². The first kappa shape index (κ1) is 14.8. The highest BCUT2D eigenvalue weighted by molar-refractivity contribution is 6.07. The van der Waals surface area contributed by atoms with E-state index in [9.17, 15) is 9.59 Å². The van der Waals surface area contributed by atoms with E-state index in [0.717, 1.165) is 0 Å². The van der Waals surface area contributed by atoms with E-state index in [1.165, 1.54) is 27.2 Å². The van der Waals surface area contributed by atoms with Crippen LogP contribution in [0.25, 0.3) is 0 Å². The maximum Gasteiger partial charge on any atom is 0.234 e. The Morgan fingerprint density at radius 1 is 0.800 bits per heavy atom. The molecule has 0 aromatic heterocycles. The molecule has 4 nitrogen and oxygen atoms in total. The number of hydrogen-bond donors (Lipinski definition) is 0. The van der Waals surface area contributed by atoms with Gasteiger partial charge in [-0.15, -0.1) is 0 Å². The molecule has 2 bridgehead atoms. The van der Waals surface area contributed by atoms with Crippen molar-refractivity contribution < 1.29 is 14.3 Å². The monoisotopic (exact) mass is 333 g/mol. The minimum absolute atomic E-state index is 0.0219. The zero-order chi connectivity index (χ0) is 17.1. The van der Waals surface area contributed by atoms with Crippen LogP contribution in [0.5, 0.6) is 0 Å². The summed E-state index contributed by atoms with van der Waals surface area (Å²) in [6, 6.07) is 16.6.